The van der Waals surface area contributed by atoms with Crippen LogP contribution in [0.25, 0.3) is 5.82 Å². The number of nitrogens with two attached hydrogens (primary N) is 1. The molecule has 5 heteroatoms. The van der Waals surface area contributed by atoms with Gasteiger partial charge in [-0.3, -0.25) is 9.55 Å². The highest BCUT2D eigenvalue weighted by molar-refractivity contribution is 5.34. The minimum absolute atomic E-state index is 0.441. The van der Waals surface area contributed by atoms with Gasteiger partial charge in [0.25, 0.3) is 0 Å². The van der Waals surface area contributed by atoms with Crippen molar-refractivity contribution in [2.24, 2.45) is 0 Å². The molecule has 0 unspecified atom stereocenters. The molecule has 0 saturated heterocycles. The molecule has 1 aliphatic rings. The molecule has 0 aliphatic heterocycles. The number of anilines is 1. The van der Waals surface area contributed by atoms with Crippen molar-refractivity contribution >= 4 is 5.82 Å². The van der Waals surface area contributed by atoms with Gasteiger partial charge in [0.15, 0.2) is 5.82 Å². The van der Waals surface area contributed by atoms with E-state index in [9.17, 15) is 0 Å². The average molecular weight is 215 g/mol. The second-order valence-corrected chi connectivity index (χ2v) is 4.02. The van der Waals surface area contributed by atoms with E-state index in [4.69, 9.17) is 5.73 Å². The molecule has 5 nitrogen and oxygen atoms in total. The Kier molecular flexibility index (Phi) is 2.09. The Morgan fingerprint density at radius 1 is 1.19 bits per heavy atom. The summed E-state index contributed by atoms with van der Waals surface area (Å²) in [5.41, 5.74) is 8.08. The van der Waals surface area contributed by atoms with Crippen molar-refractivity contribution in [2.75, 3.05) is 5.73 Å². The van der Waals surface area contributed by atoms with E-state index in [1.165, 1.54) is 24.2 Å². The smallest absolute Gasteiger partial charge is 0.159 e. The third-order valence-corrected chi connectivity index (χ3v) is 2.92. The molecular formula is C11H13N5. The zero-order valence-electron chi connectivity index (χ0n) is 8.93. The molecule has 0 saturated carbocycles. The molecule has 2 N–H and O–H groups in total. The molecule has 2 heterocycles. The molecule has 1 aliphatic carbocycles. The second kappa shape index (κ2) is 3.59. The summed E-state index contributed by atoms with van der Waals surface area (Å²) in [6.07, 6.45) is 9.66. The van der Waals surface area contributed by atoms with Gasteiger partial charge in [0, 0.05) is 5.69 Å². The summed E-state index contributed by atoms with van der Waals surface area (Å²) in [5, 5.41) is 0. The summed E-state index contributed by atoms with van der Waals surface area (Å²) in [6.45, 7) is 0. The van der Waals surface area contributed by atoms with E-state index in [0.717, 1.165) is 18.7 Å². The summed E-state index contributed by atoms with van der Waals surface area (Å²) >= 11 is 0. The van der Waals surface area contributed by atoms with Crippen LogP contribution in [-0.2, 0) is 12.8 Å². The fraction of sp³-hybridized carbons (Fsp3) is 0.364. The zero-order chi connectivity index (χ0) is 11.0. The normalized spacial score (nSPS) is 14.8. The number of nitrogen functional groups attached to an aromatic ring is 1. The van der Waals surface area contributed by atoms with Gasteiger partial charge in [-0.05, 0) is 25.7 Å². The molecule has 16 heavy (non-hydrogen) atoms. The van der Waals surface area contributed by atoms with Crippen LogP contribution in [0.3, 0.4) is 0 Å². The molecular weight excluding hydrogens is 202 g/mol. The number of fused-ring (bicyclic) bond motifs is 1. The van der Waals surface area contributed by atoms with Gasteiger partial charge < -0.3 is 5.73 Å². The summed E-state index contributed by atoms with van der Waals surface area (Å²) in [7, 11) is 0. The van der Waals surface area contributed by atoms with Crippen LogP contribution in [0.5, 0.6) is 0 Å². The fourth-order valence-corrected chi connectivity index (χ4v) is 2.15. The molecule has 3 rings (SSSR count). The highest BCUT2D eigenvalue weighted by Gasteiger charge is 2.16. The largest absolute Gasteiger partial charge is 0.382 e. The van der Waals surface area contributed by atoms with Gasteiger partial charge in [0.05, 0.1) is 18.1 Å². The lowest BCUT2D eigenvalue weighted by Crippen LogP contribution is -2.08. The molecule has 0 bridgehead atoms. The van der Waals surface area contributed by atoms with Gasteiger partial charge in [0.2, 0.25) is 0 Å². The lowest BCUT2D eigenvalue weighted by atomic mass is 10.0. The van der Waals surface area contributed by atoms with Gasteiger partial charge in [-0.2, -0.15) is 0 Å². The molecule has 0 atom stereocenters. The Morgan fingerprint density at radius 3 is 2.94 bits per heavy atom. The highest BCUT2D eigenvalue weighted by Crippen LogP contribution is 2.22. The number of imidazole rings is 1. The fourth-order valence-electron chi connectivity index (χ4n) is 2.15. The summed E-state index contributed by atoms with van der Waals surface area (Å²) < 4.78 is 2.00. The number of rotatable bonds is 1. The van der Waals surface area contributed by atoms with Crippen molar-refractivity contribution < 1.29 is 0 Å². The molecule has 82 valence electrons. The minimum Gasteiger partial charge on any atom is -0.382 e. The van der Waals surface area contributed by atoms with Crippen LogP contribution in [-0.4, -0.2) is 19.5 Å². The molecule has 0 amide bonds. The van der Waals surface area contributed by atoms with Gasteiger partial charge >= 0.3 is 0 Å². The van der Waals surface area contributed by atoms with Gasteiger partial charge in [-0.25, -0.2) is 9.97 Å². The Bertz CT molecular complexity index is 517. The first-order chi connectivity index (χ1) is 7.84. The van der Waals surface area contributed by atoms with Gasteiger partial charge in [0.1, 0.15) is 12.1 Å². The molecule has 0 fully saturated rings. The number of hydrogen-bond acceptors (Lipinski definition) is 4. The predicted molar refractivity (Wildman–Crippen MR) is 60.2 cm³/mol. The molecule has 2 aromatic rings. The summed E-state index contributed by atoms with van der Waals surface area (Å²) in [5.74, 6) is 1.20. The van der Waals surface area contributed by atoms with E-state index in [1.807, 2.05) is 10.9 Å². The zero-order valence-corrected chi connectivity index (χ0v) is 8.93. The van der Waals surface area contributed by atoms with E-state index in [0.29, 0.717) is 5.82 Å². The Labute approximate surface area is 93.4 Å². The average Bonchev–Trinajstić information content (AvgIpc) is 2.72. The maximum atomic E-state index is 5.63. The highest BCUT2D eigenvalue weighted by atomic mass is 15.1. The van der Waals surface area contributed by atoms with Crippen molar-refractivity contribution in [1.82, 2.24) is 19.5 Å². The van der Waals surface area contributed by atoms with Crippen LogP contribution >= 0.6 is 0 Å². The first-order valence-electron chi connectivity index (χ1n) is 5.47. The molecule has 2 aromatic heterocycles. The third kappa shape index (κ3) is 1.44. The second-order valence-electron chi connectivity index (χ2n) is 4.02. The quantitative estimate of drug-likeness (QED) is 0.774. The number of aromatic nitrogens is 4. The monoisotopic (exact) mass is 215 g/mol. The van der Waals surface area contributed by atoms with Crippen LogP contribution in [0, 0.1) is 0 Å². The molecule has 0 spiro atoms. The van der Waals surface area contributed by atoms with Gasteiger partial charge in [-0.1, -0.05) is 0 Å². The van der Waals surface area contributed by atoms with Crippen LogP contribution < -0.4 is 5.73 Å². The summed E-state index contributed by atoms with van der Waals surface area (Å²) in [4.78, 5) is 12.7. The summed E-state index contributed by atoms with van der Waals surface area (Å²) in [6, 6.07) is 0. The van der Waals surface area contributed by atoms with Crippen LogP contribution in [0.2, 0.25) is 0 Å². The van der Waals surface area contributed by atoms with Crippen molar-refractivity contribution in [3.63, 3.8) is 0 Å². The third-order valence-electron chi connectivity index (χ3n) is 2.92. The topological polar surface area (TPSA) is 69.6 Å². The number of hydrogen-bond donors (Lipinski definition) is 1. The Hall–Kier alpha value is -1.91. The van der Waals surface area contributed by atoms with E-state index in [2.05, 4.69) is 15.0 Å². The Morgan fingerprint density at radius 2 is 2.06 bits per heavy atom. The first-order valence-corrected chi connectivity index (χ1v) is 5.47. The van der Waals surface area contributed by atoms with E-state index in [1.54, 1.807) is 12.4 Å². The minimum atomic E-state index is 0.441. The number of aryl methyl sites for hydroxylation is 1. The van der Waals surface area contributed by atoms with Crippen molar-refractivity contribution in [1.29, 1.82) is 0 Å². The standard InChI is InChI=1S/C11H13N5/c12-10-5-13-6-11(15-10)16-7-14-8-3-1-2-4-9(8)16/h5-7H,1-4H2,(H2,12,15). The van der Waals surface area contributed by atoms with Crippen LogP contribution in [0.4, 0.5) is 5.82 Å². The van der Waals surface area contributed by atoms with E-state index < -0.39 is 0 Å². The van der Waals surface area contributed by atoms with Crippen molar-refractivity contribution in [2.45, 2.75) is 25.7 Å². The maximum Gasteiger partial charge on any atom is 0.159 e. The lowest BCUT2D eigenvalue weighted by Gasteiger charge is -2.13. The molecule has 0 radical (unpaired) electrons. The maximum absolute atomic E-state index is 5.63. The van der Waals surface area contributed by atoms with Crippen molar-refractivity contribution in [3.8, 4) is 5.82 Å². The SMILES string of the molecule is Nc1cncc(-n2cnc3c2CCCC3)n1. The van der Waals surface area contributed by atoms with Crippen LogP contribution in [0.15, 0.2) is 18.7 Å². The van der Waals surface area contributed by atoms with E-state index in [-0.39, 0.29) is 0 Å². The first kappa shape index (κ1) is 9.33. The van der Waals surface area contributed by atoms with Crippen LogP contribution in [0.1, 0.15) is 24.2 Å². The lowest BCUT2D eigenvalue weighted by molar-refractivity contribution is 0.654. The molecule has 0 aromatic carbocycles. The van der Waals surface area contributed by atoms with E-state index >= 15 is 0 Å². The van der Waals surface area contributed by atoms with Gasteiger partial charge in [-0.15, -0.1) is 0 Å². The van der Waals surface area contributed by atoms with Crippen molar-refractivity contribution in [3.05, 3.63) is 30.1 Å². The number of nitrogens with zero attached hydrogens (tertiary/aromatic N) is 4. The Balaban J connectivity index is 2.09. The predicted octanol–water partition coefficient (Wildman–Crippen LogP) is 1.12.